The molecule has 3 heteroatoms. The first kappa shape index (κ1) is 8.05. The molecular weight excluding hydrogens is 144 g/mol. The van der Waals surface area contributed by atoms with Gasteiger partial charge in [-0.3, -0.25) is 0 Å². The van der Waals surface area contributed by atoms with Crippen molar-refractivity contribution in [1.29, 1.82) is 0 Å². The van der Waals surface area contributed by atoms with Crippen LogP contribution in [0, 0.1) is 0 Å². The van der Waals surface area contributed by atoms with Gasteiger partial charge in [0.2, 0.25) is 0 Å². The third kappa shape index (κ3) is 3.62. The van der Waals surface area contributed by atoms with Crippen LogP contribution in [0.5, 0.6) is 0 Å². The van der Waals surface area contributed by atoms with Crippen molar-refractivity contribution in [2.24, 2.45) is 0 Å². The molecular formula is C4H12S3. The normalized spacial score (nSPS) is 14.3. The molecule has 0 saturated heterocycles. The summed E-state index contributed by atoms with van der Waals surface area (Å²) in [4.78, 5) is 0. The van der Waals surface area contributed by atoms with Crippen molar-refractivity contribution in [2.45, 2.75) is 0 Å². The van der Waals surface area contributed by atoms with Crippen molar-refractivity contribution in [3.05, 3.63) is 0 Å². The van der Waals surface area contributed by atoms with Gasteiger partial charge < -0.3 is 0 Å². The summed E-state index contributed by atoms with van der Waals surface area (Å²) in [5, 5.41) is 0. The maximum absolute atomic E-state index is 2.31. The van der Waals surface area contributed by atoms with Gasteiger partial charge in [0, 0.05) is 0 Å². The van der Waals surface area contributed by atoms with Crippen LogP contribution in [-0.4, -0.2) is 25.0 Å². The zero-order valence-electron chi connectivity index (χ0n) is 5.22. The Labute approximate surface area is 54.9 Å². The van der Waals surface area contributed by atoms with E-state index < -0.39 is 0 Å². The maximum Gasteiger partial charge on any atom is -0.00869 e. The lowest BCUT2D eigenvalue weighted by molar-refractivity contribution is 2.32. The minimum absolute atomic E-state index is 0.324. The average molecular weight is 156 g/mol. The average Bonchev–Trinajstić information content (AvgIpc) is 1.68. The first-order chi connectivity index (χ1) is 3.12. The summed E-state index contributed by atoms with van der Waals surface area (Å²) in [6, 6.07) is 0. The maximum atomic E-state index is 2.31. The third-order valence-corrected chi connectivity index (χ3v) is 9.67. The second-order valence-electron chi connectivity index (χ2n) is 1.48. The third-order valence-electron chi connectivity index (χ3n) is 0.803. The summed E-state index contributed by atoms with van der Waals surface area (Å²) in [5.41, 5.74) is 0. The second kappa shape index (κ2) is 3.15. The van der Waals surface area contributed by atoms with E-state index in [0.717, 1.165) is 0 Å². The van der Waals surface area contributed by atoms with E-state index in [1.54, 1.807) is 0 Å². The molecule has 0 radical (unpaired) electrons. The van der Waals surface area contributed by atoms with E-state index in [1.807, 2.05) is 21.6 Å². The first-order valence-corrected chi connectivity index (χ1v) is 7.90. The van der Waals surface area contributed by atoms with Gasteiger partial charge in [0.05, 0.1) is 0 Å². The van der Waals surface area contributed by atoms with Crippen LogP contribution in [0.4, 0.5) is 0 Å². The van der Waals surface area contributed by atoms with E-state index >= 15 is 0 Å². The van der Waals surface area contributed by atoms with E-state index in [4.69, 9.17) is 0 Å². The minimum atomic E-state index is -0.324. The summed E-state index contributed by atoms with van der Waals surface area (Å²) in [7, 11) is 3.62. The fourth-order valence-corrected chi connectivity index (χ4v) is 1.84. The smallest absolute Gasteiger partial charge is 0.00869 e. The van der Waals surface area contributed by atoms with Crippen LogP contribution in [0.15, 0.2) is 0 Å². The Morgan fingerprint density at radius 2 is 1.29 bits per heavy atom. The summed E-state index contributed by atoms with van der Waals surface area (Å²) >= 11 is 0. The van der Waals surface area contributed by atoms with Crippen molar-refractivity contribution in [2.75, 3.05) is 25.0 Å². The van der Waals surface area contributed by atoms with Crippen LogP contribution in [-0.2, 0) is 0 Å². The first-order valence-electron chi connectivity index (χ1n) is 1.97. The zero-order chi connectivity index (χ0) is 5.91. The van der Waals surface area contributed by atoms with E-state index in [-0.39, 0.29) is 8.09 Å². The zero-order valence-corrected chi connectivity index (χ0v) is 7.67. The number of hydrogen-bond acceptors (Lipinski definition) is 2. The lowest BCUT2D eigenvalue weighted by Crippen LogP contribution is -1.76. The van der Waals surface area contributed by atoms with Crippen LogP contribution < -0.4 is 0 Å². The molecule has 0 heterocycles. The van der Waals surface area contributed by atoms with E-state index in [0.29, 0.717) is 0 Å². The summed E-state index contributed by atoms with van der Waals surface area (Å²) in [6.45, 7) is 0. The highest BCUT2D eigenvalue weighted by molar-refractivity contribution is 9.24. The standard InChI is InChI=1S/C4H12S3/c1-5-7(3,4)6-2/h1-4H3. The lowest BCUT2D eigenvalue weighted by atomic mass is 11.9. The molecule has 0 aromatic heterocycles. The number of hydrogen-bond donors (Lipinski definition) is 0. The Hall–Kier alpha value is 1.05. The SMILES string of the molecule is CSS(C)(C)SC. The lowest BCUT2D eigenvalue weighted by Gasteiger charge is -2.24. The van der Waals surface area contributed by atoms with E-state index in [9.17, 15) is 0 Å². The van der Waals surface area contributed by atoms with Gasteiger partial charge in [-0.05, 0) is 25.0 Å². The summed E-state index contributed by atoms with van der Waals surface area (Å²) in [5.74, 6) is 0. The fourth-order valence-electron chi connectivity index (χ4n) is 0.0680. The molecule has 7 heavy (non-hydrogen) atoms. The molecule has 0 amide bonds. The molecule has 0 unspecified atom stereocenters. The van der Waals surface area contributed by atoms with Crippen LogP contribution in [0.25, 0.3) is 0 Å². The Bertz CT molecular complexity index is 44.9. The molecule has 0 aliphatic rings. The molecule has 0 rings (SSSR count). The molecule has 0 aliphatic carbocycles. The highest BCUT2D eigenvalue weighted by Crippen LogP contribution is 2.61. The van der Waals surface area contributed by atoms with Gasteiger partial charge >= 0.3 is 0 Å². The summed E-state index contributed by atoms with van der Waals surface area (Å²) in [6.07, 6.45) is 8.96. The van der Waals surface area contributed by atoms with Crippen LogP contribution in [0.1, 0.15) is 0 Å². The Morgan fingerprint density at radius 3 is 1.29 bits per heavy atom. The molecule has 0 atom stereocenters. The van der Waals surface area contributed by atoms with Crippen molar-refractivity contribution < 1.29 is 0 Å². The van der Waals surface area contributed by atoms with E-state index in [2.05, 4.69) is 25.0 Å². The Morgan fingerprint density at radius 1 is 1.00 bits per heavy atom. The largest absolute Gasteiger partial charge is 0.150 e. The van der Waals surface area contributed by atoms with Crippen molar-refractivity contribution in [1.82, 2.24) is 0 Å². The topological polar surface area (TPSA) is 0 Å². The van der Waals surface area contributed by atoms with Gasteiger partial charge in [-0.2, -0.15) is 8.09 Å². The van der Waals surface area contributed by atoms with Gasteiger partial charge in [-0.1, -0.05) is 0 Å². The molecule has 0 aromatic carbocycles. The Balaban J connectivity index is 3.36. The van der Waals surface area contributed by atoms with E-state index in [1.165, 1.54) is 0 Å². The molecule has 0 aliphatic heterocycles. The molecule has 46 valence electrons. The Kier molecular flexibility index (Phi) is 3.62. The minimum Gasteiger partial charge on any atom is -0.150 e. The predicted octanol–water partition coefficient (Wildman–Crippen LogP) is 2.61. The van der Waals surface area contributed by atoms with Gasteiger partial charge in [-0.25, -0.2) is 0 Å². The van der Waals surface area contributed by atoms with Crippen molar-refractivity contribution in [3.8, 4) is 0 Å². The second-order valence-corrected chi connectivity index (χ2v) is 12.1. The molecule has 0 spiro atoms. The van der Waals surface area contributed by atoms with Crippen molar-refractivity contribution in [3.63, 3.8) is 0 Å². The predicted molar refractivity (Wildman–Crippen MR) is 46.5 cm³/mol. The van der Waals surface area contributed by atoms with Gasteiger partial charge in [-0.15, -0.1) is 21.6 Å². The number of rotatable bonds is 2. The highest BCUT2D eigenvalue weighted by Gasteiger charge is 2.04. The molecule has 0 aromatic rings. The fraction of sp³-hybridized carbons (Fsp3) is 1.00. The van der Waals surface area contributed by atoms with Crippen LogP contribution >= 0.6 is 29.7 Å². The van der Waals surface area contributed by atoms with Crippen molar-refractivity contribution >= 4 is 29.7 Å². The monoisotopic (exact) mass is 156 g/mol. The molecule has 0 bridgehead atoms. The molecule has 0 N–H and O–H groups in total. The molecule has 0 fully saturated rings. The summed E-state index contributed by atoms with van der Waals surface area (Å²) < 4.78 is 0. The highest BCUT2D eigenvalue weighted by atomic mass is 33.6. The van der Waals surface area contributed by atoms with Gasteiger partial charge in [0.1, 0.15) is 0 Å². The molecule has 0 nitrogen and oxygen atoms in total. The molecule has 0 saturated carbocycles. The van der Waals surface area contributed by atoms with Crippen LogP contribution in [0.2, 0.25) is 0 Å². The van der Waals surface area contributed by atoms with Gasteiger partial charge in [0.25, 0.3) is 0 Å². The van der Waals surface area contributed by atoms with Crippen LogP contribution in [0.3, 0.4) is 0 Å². The van der Waals surface area contributed by atoms with Gasteiger partial charge in [0.15, 0.2) is 0 Å². The quantitative estimate of drug-likeness (QED) is 0.564.